The minimum atomic E-state index is -0.0578. The van der Waals surface area contributed by atoms with Crippen LogP contribution in [-0.2, 0) is 11.2 Å². The van der Waals surface area contributed by atoms with Crippen molar-refractivity contribution in [2.24, 2.45) is 16.6 Å². The maximum Gasteiger partial charge on any atom is 0.229 e. The molecule has 168 valence electrons. The molecule has 31 heavy (non-hydrogen) atoms. The van der Waals surface area contributed by atoms with Crippen molar-refractivity contribution in [2.75, 3.05) is 13.1 Å². The average Bonchev–Trinajstić information content (AvgIpc) is 3.63. The van der Waals surface area contributed by atoms with Gasteiger partial charge in [-0.15, -0.1) is 0 Å². The molecule has 1 aliphatic rings. The molecule has 0 atom stereocenters. The second-order valence-electron chi connectivity index (χ2n) is 7.80. The Balaban J connectivity index is 0.000000366. The lowest BCUT2D eigenvalue weighted by Crippen LogP contribution is -2.37. The maximum atomic E-state index is 11.7. The fraction of sp³-hybridized carbons (Fsp3) is 0.480. The van der Waals surface area contributed by atoms with Gasteiger partial charge in [-0.05, 0) is 62.9 Å². The third-order valence-electron chi connectivity index (χ3n) is 4.96. The highest BCUT2D eigenvalue weighted by Gasteiger charge is 2.29. The Kier molecular flexibility index (Phi) is 10.7. The van der Waals surface area contributed by atoms with Crippen LogP contribution in [0, 0.1) is 5.92 Å². The predicted octanol–water partition coefficient (Wildman–Crippen LogP) is 4.57. The molecule has 1 amide bonds. The van der Waals surface area contributed by atoms with Crippen molar-refractivity contribution in [3.63, 3.8) is 0 Å². The Morgan fingerprint density at radius 3 is 2.42 bits per heavy atom. The molecule has 0 bridgehead atoms. The van der Waals surface area contributed by atoms with Gasteiger partial charge in [0.2, 0.25) is 11.9 Å². The molecule has 6 heteroatoms. The zero-order valence-electron chi connectivity index (χ0n) is 19.2. The van der Waals surface area contributed by atoms with Crippen LogP contribution in [0.5, 0.6) is 0 Å². The van der Waals surface area contributed by atoms with Crippen molar-refractivity contribution in [3.8, 4) is 11.3 Å². The lowest BCUT2D eigenvalue weighted by atomic mass is 10.1. The number of aryl methyl sites for hydroxylation is 1. The van der Waals surface area contributed by atoms with Gasteiger partial charge in [-0.3, -0.25) is 10.1 Å². The number of hydrogen-bond donors (Lipinski definition) is 3. The summed E-state index contributed by atoms with van der Waals surface area (Å²) in [6.07, 6.45) is 6.75. The lowest BCUT2D eigenvalue weighted by Gasteiger charge is -2.05. The SMILES string of the molecule is CCCCNCCC.CCc1ccc(-c2cccc(/N=C(\N)NC(=O)C3CC3)n2)cc1. The van der Waals surface area contributed by atoms with Gasteiger partial charge in [-0.1, -0.05) is 57.5 Å². The second kappa shape index (κ2) is 13.5. The Labute approximate surface area is 186 Å². The molecule has 3 rings (SSSR count). The summed E-state index contributed by atoms with van der Waals surface area (Å²) in [5.41, 5.74) is 8.92. The molecule has 1 fully saturated rings. The number of pyridine rings is 1. The van der Waals surface area contributed by atoms with Crippen LogP contribution >= 0.6 is 0 Å². The van der Waals surface area contributed by atoms with Crippen molar-refractivity contribution >= 4 is 17.7 Å². The van der Waals surface area contributed by atoms with Gasteiger partial charge < -0.3 is 11.1 Å². The first-order valence-electron chi connectivity index (χ1n) is 11.5. The van der Waals surface area contributed by atoms with E-state index in [-0.39, 0.29) is 17.8 Å². The van der Waals surface area contributed by atoms with Crippen molar-refractivity contribution in [2.45, 2.75) is 59.3 Å². The van der Waals surface area contributed by atoms with E-state index in [1.54, 1.807) is 6.07 Å². The summed E-state index contributed by atoms with van der Waals surface area (Å²) >= 11 is 0. The molecule has 0 unspecified atom stereocenters. The van der Waals surface area contributed by atoms with E-state index in [0.717, 1.165) is 30.5 Å². The third kappa shape index (κ3) is 9.30. The number of nitrogens with one attached hydrogen (secondary N) is 2. The molecule has 0 spiro atoms. The summed E-state index contributed by atoms with van der Waals surface area (Å²) in [5, 5.41) is 5.95. The highest BCUT2D eigenvalue weighted by molar-refractivity contribution is 5.98. The molecule has 0 aliphatic heterocycles. The van der Waals surface area contributed by atoms with Gasteiger partial charge in [0.25, 0.3) is 0 Å². The number of aromatic nitrogens is 1. The lowest BCUT2D eigenvalue weighted by molar-refractivity contribution is -0.120. The van der Waals surface area contributed by atoms with Crippen LogP contribution in [0.15, 0.2) is 47.5 Å². The van der Waals surface area contributed by atoms with Gasteiger partial charge in [0.1, 0.15) is 0 Å². The van der Waals surface area contributed by atoms with Crippen molar-refractivity contribution in [1.29, 1.82) is 0 Å². The van der Waals surface area contributed by atoms with E-state index in [2.05, 4.69) is 53.5 Å². The number of rotatable bonds is 9. The molecule has 6 nitrogen and oxygen atoms in total. The van der Waals surface area contributed by atoms with Crippen molar-refractivity contribution in [3.05, 3.63) is 48.0 Å². The van der Waals surface area contributed by atoms with Crippen molar-refractivity contribution < 1.29 is 4.79 Å². The van der Waals surface area contributed by atoms with Crippen LogP contribution in [0.4, 0.5) is 5.82 Å². The van der Waals surface area contributed by atoms with Gasteiger partial charge in [0, 0.05) is 11.5 Å². The minimum absolute atomic E-state index is 0.0578. The third-order valence-corrected chi connectivity index (χ3v) is 4.96. The number of carbonyl (C=O) groups excluding carboxylic acids is 1. The van der Waals surface area contributed by atoms with Gasteiger partial charge in [0.15, 0.2) is 5.82 Å². The molecular weight excluding hydrogens is 386 g/mol. The largest absolute Gasteiger partial charge is 0.369 e. The predicted molar refractivity (Wildman–Crippen MR) is 129 cm³/mol. The Hall–Kier alpha value is -2.73. The normalized spacial score (nSPS) is 13.3. The van der Waals surface area contributed by atoms with Crippen LogP contribution in [0.25, 0.3) is 11.3 Å². The van der Waals surface area contributed by atoms with E-state index in [1.165, 1.54) is 37.9 Å². The molecule has 1 aromatic carbocycles. The number of guanidine groups is 1. The summed E-state index contributed by atoms with van der Waals surface area (Å²) in [7, 11) is 0. The number of hydrogen-bond acceptors (Lipinski definition) is 4. The van der Waals surface area contributed by atoms with Crippen LogP contribution in [-0.4, -0.2) is 29.9 Å². The number of aliphatic imine (C=N–C) groups is 1. The first kappa shape index (κ1) is 24.5. The minimum Gasteiger partial charge on any atom is -0.369 e. The van der Waals surface area contributed by atoms with Crippen LogP contribution < -0.4 is 16.4 Å². The Morgan fingerprint density at radius 2 is 1.81 bits per heavy atom. The first-order chi connectivity index (χ1) is 15.1. The van der Waals surface area contributed by atoms with E-state index < -0.39 is 0 Å². The van der Waals surface area contributed by atoms with E-state index >= 15 is 0 Å². The summed E-state index contributed by atoms with van der Waals surface area (Å²) in [6.45, 7) is 8.91. The quantitative estimate of drug-likeness (QED) is 0.313. The summed E-state index contributed by atoms with van der Waals surface area (Å²) in [4.78, 5) is 20.3. The number of nitrogens with two attached hydrogens (primary N) is 1. The number of carbonyl (C=O) groups is 1. The molecule has 1 aliphatic carbocycles. The van der Waals surface area contributed by atoms with Gasteiger partial charge >= 0.3 is 0 Å². The molecule has 0 radical (unpaired) electrons. The van der Waals surface area contributed by atoms with Crippen LogP contribution in [0.2, 0.25) is 0 Å². The van der Waals surface area contributed by atoms with E-state index in [1.807, 2.05) is 24.3 Å². The van der Waals surface area contributed by atoms with Crippen LogP contribution in [0.3, 0.4) is 0 Å². The Bertz CT molecular complexity index is 822. The van der Waals surface area contributed by atoms with Gasteiger partial charge in [-0.25, -0.2) is 4.98 Å². The highest BCUT2D eigenvalue weighted by atomic mass is 16.2. The Morgan fingerprint density at radius 1 is 1.06 bits per heavy atom. The molecular formula is C25H37N5O. The molecule has 4 N–H and O–H groups in total. The van der Waals surface area contributed by atoms with Crippen molar-refractivity contribution in [1.82, 2.24) is 15.6 Å². The zero-order chi connectivity index (χ0) is 22.5. The number of amides is 1. The van der Waals surface area contributed by atoms with Gasteiger partial charge in [-0.2, -0.15) is 4.99 Å². The second-order valence-corrected chi connectivity index (χ2v) is 7.80. The van der Waals surface area contributed by atoms with Gasteiger partial charge in [0.05, 0.1) is 5.69 Å². The van der Waals surface area contributed by atoms with E-state index in [4.69, 9.17) is 5.73 Å². The summed E-state index contributed by atoms with van der Waals surface area (Å²) in [6, 6.07) is 13.9. The molecule has 2 aromatic rings. The van der Waals surface area contributed by atoms with E-state index in [9.17, 15) is 4.79 Å². The number of benzene rings is 1. The smallest absolute Gasteiger partial charge is 0.229 e. The number of unbranched alkanes of at least 4 members (excludes halogenated alkanes) is 1. The fourth-order valence-electron chi connectivity index (χ4n) is 2.89. The zero-order valence-corrected chi connectivity index (χ0v) is 19.2. The fourth-order valence-corrected chi connectivity index (χ4v) is 2.89. The maximum absolute atomic E-state index is 11.7. The standard InChI is InChI=1S/C18H20N4O.C7H17N/c1-2-12-6-8-13(9-7-12)15-4-3-5-16(20-15)21-18(19)22-17(23)14-10-11-14;1-3-5-7-8-6-4-2/h3-9,14H,2,10-11H2,1H3,(H3,19,20,21,22,23);8H,3-7H2,1-2H3. The molecule has 1 aromatic heterocycles. The number of nitrogens with zero attached hydrogens (tertiary/aromatic N) is 2. The topological polar surface area (TPSA) is 92.4 Å². The molecule has 0 saturated heterocycles. The van der Waals surface area contributed by atoms with Crippen LogP contribution in [0.1, 0.15) is 58.4 Å². The van der Waals surface area contributed by atoms with E-state index in [0.29, 0.717) is 5.82 Å². The summed E-state index contributed by atoms with van der Waals surface area (Å²) in [5.74, 6) is 0.612. The first-order valence-corrected chi connectivity index (χ1v) is 11.5. The highest BCUT2D eigenvalue weighted by Crippen LogP contribution is 2.28. The molecule has 1 saturated carbocycles. The average molecular weight is 424 g/mol. The summed E-state index contributed by atoms with van der Waals surface area (Å²) < 4.78 is 0. The molecule has 1 heterocycles. The monoisotopic (exact) mass is 423 g/mol.